The summed E-state index contributed by atoms with van der Waals surface area (Å²) in [7, 11) is 0. The van der Waals surface area contributed by atoms with E-state index < -0.39 is 0 Å². The highest BCUT2D eigenvalue weighted by molar-refractivity contribution is 5.34. The molecule has 0 heterocycles. The van der Waals surface area contributed by atoms with Gasteiger partial charge in [0.05, 0.1) is 0 Å². The van der Waals surface area contributed by atoms with E-state index in [0.29, 0.717) is 6.42 Å². The maximum atomic E-state index is 9.20. The van der Waals surface area contributed by atoms with Crippen LogP contribution >= 0.6 is 0 Å². The average Bonchev–Trinajstić information content (AvgIpc) is 2.16. The summed E-state index contributed by atoms with van der Waals surface area (Å²) < 4.78 is 0. The summed E-state index contributed by atoms with van der Waals surface area (Å²) >= 11 is 0. The van der Waals surface area contributed by atoms with Crippen molar-refractivity contribution in [2.75, 3.05) is 6.61 Å². The first kappa shape index (κ1) is 13.2. The summed E-state index contributed by atoms with van der Waals surface area (Å²) in [5.74, 6) is 0. The predicted molar refractivity (Wildman–Crippen MR) is 68.6 cm³/mol. The second kappa shape index (κ2) is 4.98. The van der Waals surface area contributed by atoms with Gasteiger partial charge >= 0.3 is 0 Å². The van der Waals surface area contributed by atoms with Crippen LogP contribution in [-0.2, 0) is 5.41 Å². The van der Waals surface area contributed by atoms with Crippen LogP contribution < -0.4 is 5.73 Å². The first-order chi connectivity index (χ1) is 7.40. The quantitative estimate of drug-likeness (QED) is 0.819. The fourth-order valence-electron chi connectivity index (χ4n) is 2.17. The van der Waals surface area contributed by atoms with Gasteiger partial charge in [0.1, 0.15) is 0 Å². The van der Waals surface area contributed by atoms with Crippen molar-refractivity contribution in [3.63, 3.8) is 0 Å². The third-order valence-corrected chi connectivity index (χ3v) is 3.52. The van der Waals surface area contributed by atoms with E-state index in [1.807, 2.05) is 6.92 Å². The molecule has 2 atom stereocenters. The Bertz CT molecular complexity index is 340. The van der Waals surface area contributed by atoms with E-state index in [1.165, 1.54) is 16.7 Å². The van der Waals surface area contributed by atoms with Gasteiger partial charge in [-0.1, -0.05) is 36.2 Å². The van der Waals surface area contributed by atoms with Crippen molar-refractivity contribution >= 4 is 0 Å². The van der Waals surface area contributed by atoms with Crippen molar-refractivity contribution < 1.29 is 5.11 Å². The summed E-state index contributed by atoms with van der Waals surface area (Å²) in [6.07, 6.45) is 0.702. The van der Waals surface area contributed by atoms with Crippen LogP contribution in [0.3, 0.4) is 0 Å². The van der Waals surface area contributed by atoms with E-state index in [4.69, 9.17) is 5.73 Å². The predicted octanol–water partition coefficient (Wildman–Crippen LogP) is 2.29. The van der Waals surface area contributed by atoms with Crippen molar-refractivity contribution in [2.24, 2.45) is 5.73 Å². The molecule has 0 bridgehead atoms. The molecule has 1 aromatic carbocycles. The van der Waals surface area contributed by atoms with Gasteiger partial charge in [0, 0.05) is 18.1 Å². The largest absolute Gasteiger partial charge is 0.396 e. The first-order valence-electron chi connectivity index (χ1n) is 5.85. The van der Waals surface area contributed by atoms with E-state index >= 15 is 0 Å². The summed E-state index contributed by atoms with van der Waals surface area (Å²) in [4.78, 5) is 0. The number of hydrogen-bond acceptors (Lipinski definition) is 2. The van der Waals surface area contributed by atoms with Gasteiger partial charge in [-0.3, -0.25) is 0 Å². The highest BCUT2D eigenvalue weighted by atomic mass is 16.3. The Labute approximate surface area is 98.5 Å². The van der Waals surface area contributed by atoms with Gasteiger partial charge in [0.15, 0.2) is 0 Å². The number of benzene rings is 1. The molecule has 90 valence electrons. The first-order valence-corrected chi connectivity index (χ1v) is 5.85. The fourth-order valence-corrected chi connectivity index (χ4v) is 2.17. The van der Waals surface area contributed by atoms with Crippen molar-refractivity contribution in [1.29, 1.82) is 0 Å². The van der Waals surface area contributed by atoms with Gasteiger partial charge in [-0.2, -0.15) is 0 Å². The fraction of sp³-hybridized carbons (Fsp3) is 0.571. The van der Waals surface area contributed by atoms with Crippen LogP contribution in [0.2, 0.25) is 0 Å². The van der Waals surface area contributed by atoms with Crippen molar-refractivity contribution in [3.8, 4) is 0 Å². The molecule has 3 N–H and O–H groups in total. The molecule has 0 saturated heterocycles. The highest BCUT2D eigenvalue weighted by Gasteiger charge is 2.30. The summed E-state index contributed by atoms with van der Waals surface area (Å²) in [5.41, 5.74) is 9.66. The van der Waals surface area contributed by atoms with Gasteiger partial charge in [-0.25, -0.2) is 0 Å². The Balaban J connectivity index is 3.20. The number of aliphatic hydroxyl groups excluding tert-OH is 1. The topological polar surface area (TPSA) is 46.2 Å². The maximum absolute atomic E-state index is 9.20. The molecule has 2 unspecified atom stereocenters. The number of rotatable bonds is 4. The lowest BCUT2D eigenvalue weighted by Gasteiger charge is -2.34. The molecule has 1 aromatic rings. The standard InChI is InChI=1S/C14H23NO/c1-10-7-11(2)9-13(8-10)14(4,5-6-16)12(3)15/h7-9,12,16H,5-6,15H2,1-4H3. The second-order valence-electron chi connectivity index (χ2n) is 5.06. The molecule has 16 heavy (non-hydrogen) atoms. The van der Waals surface area contributed by atoms with E-state index in [-0.39, 0.29) is 18.1 Å². The Kier molecular flexibility index (Phi) is 4.11. The zero-order valence-corrected chi connectivity index (χ0v) is 10.7. The van der Waals surface area contributed by atoms with Crippen LogP contribution in [0, 0.1) is 13.8 Å². The minimum Gasteiger partial charge on any atom is -0.396 e. The van der Waals surface area contributed by atoms with Crippen LogP contribution in [0.4, 0.5) is 0 Å². The van der Waals surface area contributed by atoms with E-state index in [0.717, 1.165) is 0 Å². The van der Waals surface area contributed by atoms with E-state index in [1.54, 1.807) is 0 Å². The molecular weight excluding hydrogens is 198 g/mol. The van der Waals surface area contributed by atoms with Crippen molar-refractivity contribution in [3.05, 3.63) is 34.9 Å². The lowest BCUT2D eigenvalue weighted by molar-refractivity contribution is 0.229. The zero-order valence-electron chi connectivity index (χ0n) is 10.7. The normalized spacial score (nSPS) is 16.9. The van der Waals surface area contributed by atoms with Gasteiger partial charge in [0.2, 0.25) is 0 Å². The minimum absolute atomic E-state index is 0.0286. The molecular formula is C14H23NO. The average molecular weight is 221 g/mol. The van der Waals surface area contributed by atoms with Crippen LogP contribution in [0.1, 0.15) is 37.0 Å². The van der Waals surface area contributed by atoms with Gasteiger partial charge in [-0.15, -0.1) is 0 Å². The summed E-state index contributed by atoms with van der Waals surface area (Å²) in [6, 6.07) is 6.53. The van der Waals surface area contributed by atoms with Crippen LogP contribution in [0.5, 0.6) is 0 Å². The zero-order chi connectivity index (χ0) is 12.3. The SMILES string of the molecule is Cc1cc(C)cc(C(C)(CCO)C(C)N)c1. The Morgan fingerprint density at radius 3 is 2.12 bits per heavy atom. The van der Waals surface area contributed by atoms with Crippen LogP contribution in [-0.4, -0.2) is 17.8 Å². The van der Waals surface area contributed by atoms with Gasteiger partial charge in [0.25, 0.3) is 0 Å². The highest BCUT2D eigenvalue weighted by Crippen LogP contribution is 2.31. The maximum Gasteiger partial charge on any atom is 0.0440 e. The monoisotopic (exact) mass is 221 g/mol. The Hall–Kier alpha value is -0.860. The number of hydrogen-bond donors (Lipinski definition) is 2. The number of aliphatic hydroxyl groups is 1. The lowest BCUT2D eigenvalue weighted by atomic mass is 9.74. The molecule has 2 nitrogen and oxygen atoms in total. The molecule has 0 saturated carbocycles. The smallest absolute Gasteiger partial charge is 0.0440 e. The van der Waals surface area contributed by atoms with Gasteiger partial charge in [-0.05, 0) is 32.8 Å². The Morgan fingerprint density at radius 2 is 1.75 bits per heavy atom. The molecule has 0 amide bonds. The van der Waals surface area contributed by atoms with E-state index in [9.17, 15) is 5.11 Å². The molecule has 0 aliphatic heterocycles. The summed E-state index contributed by atoms with van der Waals surface area (Å²) in [5, 5.41) is 9.20. The number of aryl methyl sites for hydroxylation is 2. The molecule has 0 spiro atoms. The van der Waals surface area contributed by atoms with Crippen molar-refractivity contribution in [2.45, 2.75) is 45.6 Å². The third-order valence-electron chi connectivity index (χ3n) is 3.52. The second-order valence-corrected chi connectivity index (χ2v) is 5.06. The molecule has 0 aliphatic rings. The summed E-state index contributed by atoms with van der Waals surface area (Å²) in [6.45, 7) is 8.49. The molecule has 0 fully saturated rings. The number of nitrogens with two attached hydrogens (primary N) is 1. The van der Waals surface area contributed by atoms with Crippen LogP contribution in [0.25, 0.3) is 0 Å². The third kappa shape index (κ3) is 2.63. The minimum atomic E-state index is -0.147. The van der Waals surface area contributed by atoms with Gasteiger partial charge < -0.3 is 10.8 Å². The molecule has 0 aliphatic carbocycles. The lowest BCUT2D eigenvalue weighted by Crippen LogP contribution is -2.41. The molecule has 2 heteroatoms. The molecule has 0 aromatic heterocycles. The van der Waals surface area contributed by atoms with E-state index in [2.05, 4.69) is 39.0 Å². The van der Waals surface area contributed by atoms with Crippen molar-refractivity contribution in [1.82, 2.24) is 0 Å². The molecule has 1 rings (SSSR count). The molecule has 0 radical (unpaired) electrons. The Morgan fingerprint density at radius 1 is 1.25 bits per heavy atom. The van der Waals surface area contributed by atoms with Crippen LogP contribution in [0.15, 0.2) is 18.2 Å².